The first kappa shape index (κ1) is 21.8. The maximum absolute atomic E-state index is 12.9. The maximum atomic E-state index is 12.9. The third kappa shape index (κ3) is 4.85. The Morgan fingerprint density at radius 3 is 2.67 bits per heavy atom. The van der Waals surface area contributed by atoms with Crippen LogP contribution < -0.4 is 9.47 Å². The van der Waals surface area contributed by atoms with Crippen LogP contribution in [0.15, 0.2) is 53.7 Å². The highest BCUT2D eigenvalue weighted by Crippen LogP contribution is 2.34. The summed E-state index contributed by atoms with van der Waals surface area (Å²) in [5.41, 5.74) is 2.05. The molecule has 5 rings (SSSR count). The lowest BCUT2D eigenvalue weighted by molar-refractivity contribution is -0.129. The molecule has 0 unspecified atom stereocenters. The van der Waals surface area contributed by atoms with Gasteiger partial charge in [0.1, 0.15) is 0 Å². The van der Waals surface area contributed by atoms with Crippen LogP contribution in [0.5, 0.6) is 11.5 Å². The first-order valence-corrected chi connectivity index (χ1v) is 12.4. The predicted molar refractivity (Wildman–Crippen MR) is 127 cm³/mol. The van der Waals surface area contributed by atoms with E-state index in [0.717, 1.165) is 46.4 Å². The number of nitrogens with zero attached hydrogens (tertiary/aromatic N) is 4. The van der Waals surface area contributed by atoms with E-state index in [-0.39, 0.29) is 12.7 Å². The van der Waals surface area contributed by atoms with Gasteiger partial charge in [-0.25, -0.2) is 0 Å². The molecule has 0 spiro atoms. The summed E-state index contributed by atoms with van der Waals surface area (Å²) in [6.07, 6.45) is 5.90. The number of hydrogen-bond donors (Lipinski definition) is 0. The average Bonchev–Trinajstić information content (AvgIpc) is 3.50. The van der Waals surface area contributed by atoms with Crippen molar-refractivity contribution in [2.45, 2.75) is 49.8 Å². The summed E-state index contributed by atoms with van der Waals surface area (Å²) in [6, 6.07) is 16.3. The highest BCUT2D eigenvalue weighted by Gasteiger charge is 2.23. The number of amides is 1. The Hall–Kier alpha value is -3.00. The number of benzene rings is 2. The molecule has 2 heterocycles. The highest BCUT2D eigenvalue weighted by atomic mass is 32.2. The molecule has 7 nitrogen and oxygen atoms in total. The van der Waals surface area contributed by atoms with Gasteiger partial charge >= 0.3 is 0 Å². The summed E-state index contributed by atoms with van der Waals surface area (Å²) in [7, 11) is 1.94. The lowest BCUT2D eigenvalue weighted by Crippen LogP contribution is -2.39. The van der Waals surface area contributed by atoms with E-state index in [9.17, 15) is 4.79 Å². The largest absolute Gasteiger partial charge is 0.454 e. The van der Waals surface area contributed by atoms with Crippen molar-refractivity contribution in [2.75, 3.05) is 19.6 Å². The lowest BCUT2D eigenvalue weighted by atomic mass is 9.94. The fourth-order valence-electron chi connectivity index (χ4n) is 4.46. The second kappa shape index (κ2) is 9.87. The van der Waals surface area contributed by atoms with Crippen molar-refractivity contribution in [3.8, 4) is 22.9 Å². The molecule has 33 heavy (non-hydrogen) atoms. The predicted octanol–water partition coefficient (Wildman–Crippen LogP) is 4.61. The van der Waals surface area contributed by atoms with E-state index >= 15 is 0 Å². The lowest BCUT2D eigenvalue weighted by Gasteiger charge is -2.31. The van der Waals surface area contributed by atoms with Crippen molar-refractivity contribution in [3.05, 3.63) is 54.1 Å². The third-order valence-corrected chi connectivity index (χ3v) is 7.32. The van der Waals surface area contributed by atoms with Gasteiger partial charge < -0.3 is 14.4 Å². The van der Waals surface area contributed by atoms with Gasteiger partial charge in [-0.3, -0.25) is 9.36 Å². The molecule has 1 amide bonds. The van der Waals surface area contributed by atoms with Gasteiger partial charge in [0.15, 0.2) is 22.5 Å². The van der Waals surface area contributed by atoms with Crippen LogP contribution in [0.1, 0.15) is 37.7 Å². The molecule has 1 aliphatic carbocycles. The number of carbonyl (C=O) groups is 1. The zero-order valence-corrected chi connectivity index (χ0v) is 19.6. The minimum atomic E-state index is 0.144. The molecule has 0 radical (unpaired) electrons. The topological polar surface area (TPSA) is 69.5 Å². The Balaban J connectivity index is 1.36. The van der Waals surface area contributed by atoms with Gasteiger partial charge in [-0.15, -0.1) is 10.2 Å². The number of thioether (sulfide) groups is 1. The monoisotopic (exact) mass is 464 g/mol. The fourth-order valence-corrected chi connectivity index (χ4v) is 5.32. The second-order valence-electron chi connectivity index (χ2n) is 8.53. The van der Waals surface area contributed by atoms with Crippen LogP contribution in [0, 0.1) is 0 Å². The summed E-state index contributed by atoms with van der Waals surface area (Å²) in [4.78, 5) is 14.8. The van der Waals surface area contributed by atoms with E-state index in [1.807, 2.05) is 60.5 Å². The quantitative estimate of drug-likeness (QED) is 0.476. The molecular formula is C25H28N4O3S. The number of carbonyl (C=O) groups excluding carboxylic acids is 1. The molecule has 0 saturated heterocycles. The molecule has 0 atom stereocenters. The van der Waals surface area contributed by atoms with Gasteiger partial charge in [0, 0.05) is 18.7 Å². The summed E-state index contributed by atoms with van der Waals surface area (Å²) >= 11 is 1.45. The van der Waals surface area contributed by atoms with Gasteiger partial charge in [-0.05, 0) is 30.5 Å². The number of rotatable bonds is 7. The van der Waals surface area contributed by atoms with Crippen molar-refractivity contribution < 1.29 is 14.3 Å². The Morgan fingerprint density at radius 2 is 1.85 bits per heavy atom. The van der Waals surface area contributed by atoms with Crippen LogP contribution in [0.2, 0.25) is 0 Å². The van der Waals surface area contributed by atoms with Gasteiger partial charge in [0.05, 0.1) is 12.3 Å². The number of aromatic nitrogens is 3. The van der Waals surface area contributed by atoms with Gasteiger partial charge in [0.2, 0.25) is 12.7 Å². The Bertz CT molecular complexity index is 1110. The Labute approximate surface area is 198 Å². The van der Waals surface area contributed by atoms with Gasteiger partial charge in [0.25, 0.3) is 0 Å². The second-order valence-corrected chi connectivity index (χ2v) is 9.47. The summed E-state index contributed by atoms with van der Waals surface area (Å²) in [6.45, 7) is 0.821. The van der Waals surface area contributed by atoms with E-state index in [1.165, 1.54) is 31.0 Å². The summed E-state index contributed by atoms with van der Waals surface area (Å²) in [5.74, 6) is 2.79. The fraction of sp³-hybridized carbons (Fsp3) is 0.400. The first-order chi connectivity index (χ1) is 16.2. The molecule has 8 heteroatoms. The van der Waals surface area contributed by atoms with Crippen LogP contribution in [-0.2, 0) is 11.3 Å². The van der Waals surface area contributed by atoms with Crippen LogP contribution >= 0.6 is 11.8 Å². The van der Waals surface area contributed by atoms with Crippen molar-refractivity contribution in [1.29, 1.82) is 0 Å². The SMILES string of the molecule is CN(C(=O)CSc1nnc(-c2ccccc2)n1Cc1ccc2c(c1)OCO2)C1CCCCC1. The first-order valence-electron chi connectivity index (χ1n) is 11.4. The van der Waals surface area contributed by atoms with E-state index in [0.29, 0.717) is 18.3 Å². The molecule has 2 aromatic carbocycles. The molecule has 172 valence electrons. The van der Waals surface area contributed by atoms with E-state index in [4.69, 9.17) is 9.47 Å². The minimum Gasteiger partial charge on any atom is -0.454 e. The maximum Gasteiger partial charge on any atom is 0.233 e. The van der Waals surface area contributed by atoms with Crippen LogP contribution in [0.4, 0.5) is 0 Å². The van der Waals surface area contributed by atoms with Crippen molar-refractivity contribution in [3.63, 3.8) is 0 Å². The van der Waals surface area contributed by atoms with Gasteiger partial charge in [-0.1, -0.05) is 67.4 Å². The molecule has 2 aliphatic rings. The van der Waals surface area contributed by atoms with Crippen LogP contribution in [0.3, 0.4) is 0 Å². The molecular weight excluding hydrogens is 436 g/mol. The van der Waals surface area contributed by atoms with E-state index in [1.54, 1.807) is 0 Å². The molecule has 0 N–H and O–H groups in total. The van der Waals surface area contributed by atoms with Crippen molar-refractivity contribution in [2.24, 2.45) is 0 Å². The Kier molecular flexibility index (Phi) is 6.53. The summed E-state index contributed by atoms with van der Waals surface area (Å²) < 4.78 is 13.1. The number of fused-ring (bicyclic) bond motifs is 1. The zero-order chi connectivity index (χ0) is 22.6. The molecule has 1 aromatic heterocycles. The van der Waals surface area contributed by atoms with Crippen molar-refractivity contribution in [1.82, 2.24) is 19.7 Å². The average molecular weight is 465 g/mol. The Morgan fingerprint density at radius 1 is 1.06 bits per heavy atom. The van der Waals surface area contributed by atoms with E-state index < -0.39 is 0 Å². The molecule has 1 fully saturated rings. The summed E-state index contributed by atoms with van der Waals surface area (Å²) in [5, 5.41) is 9.67. The highest BCUT2D eigenvalue weighted by molar-refractivity contribution is 7.99. The smallest absolute Gasteiger partial charge is 0.233 e. The van der Waals surface area contributed by atoms with Crippen LogP contribution in [0.25, 0.3) is 11.4 Å². The standard InChI is InChI=1S/C25H28N4O3S/c1-28(20-10-6-3-7-11-20)23(30)16-33-25-27-26-24(19-8-4-2-5-9-19)29(25)15-18-12-13-21-22(14-18)32-17-31-21/h2,4-5,8-9,12-14,20H,3,6-7,10-11,15-17H2,1H3. The molecule has 1 saturated carbocycles. The van der Waals surface area contributed by atoms with Gasteiger partial charge in [-0.2, -0.15) is 0 Å². The van der Waals surface area contributed by atoms with Crippen LogP contribution in [-0.4, -0.2) is 51.2 Å². The zero-order valence-electron chi connectivity index (χ0n) is 18.8. The molecule has 0 bridgehead atoms. The number of hydrogen-bond acceptors (Lipinski definition) is 6. The molecule has 3 aromatic rings. The number of ether oxygens (including phenoxy) is 2. The van der Waals surface area contributed by atoms with E-state index in [2.05, 4.69) is 14.8 Å². The third-order valence-electron chi connectivity index (χ3n) is 6.37. The normalized spacial score (nSPS) is 15.5. The molecule has 1 aliphatic heterocycles. The van der Waals surface area contributed by atoms with Crippen molar-refractivity contribution >= 4 is 17.7 Å². The minimum absolute atomic E-state index is 0.144.